The number of benzene rings is 1. The highest BCUT2D eigenvalue weighted by Gasteiger charge is 2.22. The van der Waals surface area contributed by atoms with Crippen molar-refractivity contribution in [3.63, 3.8) is 0 Å². The molecule has 8 heteroatoms. The number of anilines is 1. The molecule has 0 unspecified atom stereocenters. The van der Waals surface area contributed by atoms with Crippen molar-refractivity contribution in [1.29, 1.82) is 0 Å². The topological polar surface area (TPSA) is 93.8 Å². The summed E-state index contributed by atoms with van der Waals surface area (Å²) in [5.41, 5.74) is 6.70. The average molecular weight is 453 g/mol. The van der Waals surface area contributed by atoms with E-state index < -0.39 is 9.84 Å². The number of aliphatic imine (C=N–C) groups is 1. The third-order valence-electron chi connectivity index (χ3n) is 3.86. The summed E-state index contributed by atoms with van der Waals surface area (Å²) in [5, 5.41) is 3.02. The normalized spacial score (nSPS) is 18.0. The van der Waals surface area contributed by atoms with Crippen LogP contribution in [0.3, 0.4) is 0 Å². The SMILES string of the molecule is COc1ccc(NC(N)=NCCC2CCS(=O)(=O)CC2)cc1.I. The van der Waals surface area contributed by atoms with Crippen LogP contribution in [-0.2, 0) is 9.84 Å². The molecular formula is C15H24IN3O3S. The monoisotopic (exact) mass is 453 g/mol. The molecule has 2 rings (SSSR count). The Balaban J connectivity index is 0.00000264. The molecule has 1 aromatic carbocycles. The smallest absolute Gasteiger partial charge is 0.193 e. The third kappa shape index (κ3) is 6.94. The second kappa shape index (κ2) is 9.31. The maximum absolute atomic E-state index is 11.4. The van der Waals surface area contributed by atoms with E-state index in [1.807, 2.05) is 24.3 Å². The van der Waals surface area contributed by atoms with Crippen LogP contribution in [0.15, 0.2) is 29.3 Å². The molecule has 3 N–H and O–H groups in total. The van der Waals surface area contributed by atoms with E-state index in [1.165, 1.54) is 0 Å². The van der Waals surface area contributed by atoms with E-state index in [9.17, 15) is 8.42 Å². The number of nitrogens with zero attached hydrogens (tertiary/aromatic N) is 1. The first-order valence-corrected chi connectivity index (χ1v) is 9.22. The lowest BCUT2D eigenvalue weighted by Crippen LogP contribution is -2.25. The van der Waals surface area contributed by atoms with Gasteiger partial charge in [-0.15, -0.1) is 24.0 Å². The average Bonchev–Trinajstić information content (AvgIpc) is 2.50. The third-order valence-corrected chi connectivity index (χ3v) is 5.57. The minimum atomic E-state index is -2.79. The molecule has 1 aliphatic rings. The number of hydrogen-bond donors (Lipinski definition) is 2. The summed E-state index contributed by atoms with van der Waals surface area (Å²) in [7, 11) is -1.17. The van der Waals surface area contributed by atoms with Crippen molar-refractivity contribution in [3.8, 4) is 5.75 Å². The van der Waals surface area contributed by atoms with Gasteiger partial charge in [0.15, 0.2) is 5.96 Å². The summed E-state index contributed by atoms with van der Waals surface area (Å²) in [6.07, 6.45) is 2.36. The van der Waals surface area contributed by atoms with Crippen LogP contribution in [0.2, 0.25) is 0 Å². The Labute approximate surface area is 154 Å². The van der Waals surface area contributed by atoms with E-state index in [2.05, 4.69) is 10.3 Å². The minimum Gasteiger partial charge on any atom is -0.497 e. The van der Waals surface area contributed by atoms with Gasteiger partial charge in [0.25, 0.3) is 0 Å². The highest BCUT2D eigenvalue weighted by molar-refractivity contribution is 14.0. The second-order valence-corrected chi connectivity index (χ2v) is 7.81. The lowest BCUT2D eigenvalue weighted by molar-refractivity contribution is 0.415. The second-order valence-electron chi connectivity index (χ2n) is 5.50. The molecule has 0 amide bonds. The van der Waals surface area contributed by atoms with Crippen molar-refractivity contribution in [2.45, 2.75) is 19.3 Å². The maximum Gasteiger partial charge on any atom is 0.193 e. The van der Waals surface area contributed by atoms with Crippen molar-refractivity contribution in [1.82, 2.24) is 0 Å². The Morgan fingerprint density at radius 2 is 1.91 bits per heavy atom. The number of methoxy groups -OCH3 is 1. The Morgan fingerprint density at radius 1 is 1.30 bits per heavy atom. The van der Waals surface area contributed by atoms with E-state index in [-0.39, 0.29) is 24.0 Å². The minimum absolute atomic E-state index is 0. The van der Waals surface area contributed by atoms with Gasteiger partial charge in [-0.05, 0) is 49.4 Å². The number of nitrogens with two attached hydrogens (primary N) is 1. The molecule has 1 heterocycles. The van der Waals surface area contributed by atoms with Crippen LogP contribution in [-0.4, -0.2) is 39.5 Å². The van der Waals surface area contributed by atoms with E-state index in [0.29, 0.717) is 29.9 Å². The number of sulfone groups is 1. The van der Waals surface area contributed by atoms with Gasteiger partial charge in [0, 0.05) is 12.2 Å². The zero-order chi connectivity index (χ0) is 16.0. The van der Waals surface area contributed by atoms with Crippen LogP contribution in [0.25, 0.3) is 0 Å². The molecule has 0 saturated carbocycles. The van der Waals surface area contributed by atoms with Crippen molar-refractivity contribution < 1.29 is 13.2 Å². The highest BCUT2D eigenvalue weighted by atomic mass is 127. The Bertz CT molecular complexity index is 603. The summed E-state index contributed by atoms with van der Waals surface area (Å²) in [6.45, 7) is 0.611. The van der Waals surface area contributed by atoms with E-state index in [0.717, 1.165) is 30.7 Å². The summed E-state index contributed by atoms with van der Waals surface area (Å²) in [6, 6.07) is 7.43. The number of nitrogens with one attached hydrogen (secondary N) is 1. The molecule has 23 heavy (non-hydrogen) atoms. The first kappa shape index (κ1) is 20.0. The Morgan fingerprint density at radius 3 is 2.48 bits per heavy atom. The van der Waals surface area contributed by atoms with Gasteiger partial charge in [0.05, 0.1) is 18.6 Å². The fourth-order valence-electron chi connectivity index (χ4n) is 2.46. The molecule has 1 saturated heterocycles. The van der Waals surface area contributed by atoms with Gasteiger partial charge in [-0.1, -0.05) is 0 Å². The van der Waals surface area contributed by atoms with Gasteiger partial charge in [0.1, 0.15) is 15.6 Å². The summed E-state index contributed by atoms with van der Waals surface area (Å²) in [5.74, 6) is 2.20. The van der Waals surface area contributed by atoms with Crippen LogP contribution >= 0.6 is 24.0 Å². The van der Waals surface area contributed by atoms with Crippen LogP contribution in [0.5, 0.6) is 5.75 Å². The van der Waals surface area contributed by atoms with E-state index >= 15 is 0 Å². The maximum atomic E-state index is 11.4. The van der Waals surface area contributed by atoms with Crippen LogP contribution < -0.4 is 15.8 Å². The standard InChI is InChI=1S/C15H23N3O3S.HI/c1-21-14-4-2-13(3-5-14)18-15(16)17-9-6-12-7-10-22(19,20)11-8-12;/h2-5,12H,6-11H2,1H3,(H3,16,17,18);1H. The first-order valence-electron chi connectivity index (χ1n) is 7.40. The van der Waals surface area contributed by atoms with Crippen molar-refractivity contribution in [3.05, 3.63) is 24.3 Å². The fourth-order valence-corrected chi connectivity index (χ4v) is 4.05. The summed E-state index contributed by atoms with van der Waals surface area (Å²) in [4.78, 5) is 4.30. The molecule has 130 valence electrons. The molecule has 1 aliphatic heterocycles. The first-order chi connectivity index (χ1) is 10.5. The molecule has 1 aromatic rings. The van der Waals surface area contributed by atoms with E-state index in [1.54, 1.807) is 7.11 Å². The van der Waals surface area contributed by atoms with Crippen molar-refractivity contribution in [2.24, 2.45) is 16.6 Å². The quantitative estimate of drug-likeness (QED) is 0.405. The zero-order valence-corrected chi connectivity index (χ0v) is 16.3. The van der Waals surface area contributed by atoms with Gasteiger partial charge in [-0.25, -0.2) is 8.42 Å². The Kier molecular flexibility index (Phi) is 8.10. The van der Waals surface area contributed by atoms with Gasteiger partial charge in [-0.3, -0.25) is 4.99 Å². The lowest BCUT2D eigenvalue weighted by atomic mass is 9.99. The van der Waals surface area contributed by atoms with Crippen molar-refractivity contribution in [2.75, 3.05) is 30.5 Å². The van der Waals surface area contributed by atoms with Crippen LogP contribution in [0, 0.1) is 5.92 Å². The number of rotatable bonds is 5. The molecule has 1 fully saturated rings. The molecule has 0 spiro atoms. The van der Waals surface area contributed by atoms with Gasteiger partial charge >= 0.3 is 0 Å². The number of ether oxygens (including phenoxy) is 1. The van der Waals surface area contributed by atoms with Crippen LogP contribution in [0.4, 0.5) is 5.69 Å². The number of halogens is 1. The summed E-state index contributed by atoms with van der Waals surface area (Å²) >= 11 is 0. The number of hydrogen-bond acceptors (Lipinski definition) is 4. The predicted molar refractivity (Wildman–Crippen MR) is 105 cm³/mol. The summed E-state index contributed by atoms with van der Waals surface area (Å²) < 4.78 is 27.8. The number of guanidine groups is 1. The lowest BCUT2D eigenvalue weighted by Gasteiger charge is -2.20. The Hall–Kier alpha value is -1.03. The molecule has 0 radical (unpaired) electrons. The van der Waals surface area contributed by atoms with E-state index in [4.69, 9.17) is 10.5 Å². The predicted octanol–water partition coefficient (Wildman–Crippen LogP) is 2.25. The molecule has 6 nitrogen and oxygen atoms in total. The fraction of sp³-hybridized carbons (Fsp3) is 0.533. The van der Waals surface area contributed by atoms with Crippen molar-refractivity contribution >= 4 is 45.5 Å². The molecular weight excluding hydrogens is 429 g/mol. The molecule has 0 aliphatic carbocycles. The molecule has 0 bridgehead atoms. The molecule has 0 aromatic heterocycles. The van der Waals surface area contributed by atoms with Gasteiger partial charge in [-0.2, -0.15) is 0 Å². The van der Waals surface area contributed by atoms with Crippen LogP contribution in [0.1, 0.15) is 19.3 Å². The highest BCUT2D eigenvalue weighted by Crippen LogP contribution is 2.21. The largest absolute Gasteiger partial charge is 0.497 e. The molecule has 0 atom stereocenters. The zero-order valence-electron chi connectivity index (χ0n) is 13.2. The van der Waals surface area contributed by atoms with Gasteiger partial charge < -0.3 is 15.8 Å². The van der Waals surface area contributed by atoms with Gasteiger partial charge in [0.2, 0.25) is 0 Å².